The zero-order valence-electron chi connectivity index (χ0n) is 18.3. The fraction of sp³-hybridized carbons (Fsp3) is 0.364. The van der Waals surface area contributed by atoms with Gasteiger partial charge in [-0.2, -0.15) is 0 Å². The maximum Gasteiger partial charge on any atom is 0.326 e. The molecule has 172 valence electrons. The fourth-order valence-corrected chi connectivity index (χ4v) is 5.12. The lowest BCUT2D eigenvalue weighted by atomic mass is 9.79. The van der Waals surface area contributed by atoms with Crippen molar-refractivity contribution in [3.8, 4) is 11.5 Å². The van der Waals surface area contributed by atoms with Gasteiger partial charge in [0.1, 0.15) is 21.2 Å². The Kier molecular flexibility index (Phi) is 5.77. The molecule has 4 N–H and O–H groups in total. The number of hydrogen-bond donors (Lipinski definition) is 4. The smallest absolute Gasteiger partial charge is 0.326 e. The maximum atomic E-state index is 12.5. The summed E-state index contributed by atoms with van der Waals surface area (Å²) in [5, 5.41) is 20.9. The minimum atomic E-state index is -0.533. The normalized spacial score (nSPS) is 15.6. The topological polar surface area (TPSA) is 119 Å². The average molecular weight is 478 g/mol. The third kappa shape index (κ3) is 3.72. The van der Waals surface area contributed by atoms with Crippen LogP contribution >= 0.6 is 11.6 Å². The molecule has 2 aromatic carbocycles. The third-order valence-corrected chi connectivity index (χ3v) is 6.94. The Balaban J connectivity index is 1.25. The van der Waals surface area contributed by atoms with E-state index in [0.29, 0.717) is 18.0 Å². The van der Waals surface area contributed by atoms with Gasteiger partial charge in [-0.15, -0.1) is 0 Å². The Labute approximate surface area is 201 Å². The van der Waals surface area contributed by atoms with Gasteiger partial charge in [-0.1, -0.05) is 22.5 Å². The number of hydrogen-bond acceptors (Lipinski definition) is 5. The quantitative estimate of drug-likeness (QED) is 0.244. The summed E-state index contributed by atoms with van der Waals surface area (Å²) in [7, 11) is 11.6. The Bertz CT molecular complexity index is 1510. The van der Waals surface area contributed by atoms with Crippen LogP contribution < -0.4 is 22.3 Å². The predicted octanol–water partition coefficient (Wildman–Crippen LogP) is 0.352. The third-order valence-electron chi connectivity index (χ3n) is 6.70. The van der Waals surface area contributed by atoms with Gasteiger partial charge < -0.3 is 25.1 Å². The highest BCUT2D eigenvalue weighted by molar-refractivity contribution is 6.53. The number of aromatic nitrogens is 4. The SMILES string of the molecule is [B]c1c(O)c(O)c2c([nH]c(=O)n2CCCN2CCC(n3c(=O)[nH]c4cc(Cl)ccc43)CC2)c1[B]. The highest BCUT2D eigenvalue weighted by Crippen LogP contribution is 2.29. The van der Waals surface area contributed by atoms with E-state index in [1.807, 2.05) is 10.6 Å². The Morgan fingerprint density at radius 2 is 1.74 bits per heavy atom. The number of aryl methyl sites for hydroxylation is 1. The largest absolute Gasteiger partial charge is 0.505 e. The van der Waals surface area contributed by atoms with E-state index in [2.05, 4.69) is 14.9 Å². The molecule has 0 aliphatic carbocycles. The number of phenols is 2. The van der Waals surface area contributed by atoms with Crippen LogP contribution in [0.2, 0.25) is 5.02 Å². The highest BCUT2D eigenvalue weighted by atomic mass is 35.5. The van der Waals surface area contributed by atoms with Crippen LogP contribution in [0.4, 0.5) is 0 Å². The van der Waals surface area contributed by atoms with Crippen LogP contribution in [0.5, 0.6) is 11.5 Å². The summed E-state index contributed by atoms with van der Waals surface area (Å²) in [6.07, 6.45) is 2.30. The molecule has 1 aliphatic rings. The summed E-state index contributed by atoms with van der Waals surface area (Å²) in [6, 6.07) is 5.52. The number of nitrogens with zero attached hydrogens (tertiary/aromatic N) is 3. The maximum absolute atomic E-state index is 12.5. The second-order valence-corrected chi connectivity index (χ2v) is 9.15. The molecule has 0 saturated carbocycles. The lowest BCUT2D eigenvalue weighted by Gasteiger charge is -2.32. The molecule has 2 aromatic heterocycles. The minimum Gasteiger partial charge on any atom is -0.505 e. The molecule has 0 spiro atoms. The number of phenolic OH excluding ortho intramolecular Hbond substituents is 2. The molecule has 12 heteroatoms. The standard InChI is InChI=1S/C22H22B2ClN5O4/c23-15-16(24)19(31)20(32)18-17(15)27-21(33)29(18)7-1-6-28-8-4-12(5-9-28)30-14-3-2-11(25)10-13(14)26-22(30)34/h2-3,10,12,31-32H,1,4-9H2,(H,26,34)(H,27,33). The first-order valence-corrected chi connectivity index (χ1v) is 11.5. The van der Waals surface area contributed by atoms with Crippen LogP contribution in [0.1, 0.15) is 25.3 Å². The zero-order valence-corrected chi connectivity index (χ0v) is 19.1. The number of piperidine rings is 1. The molecular weight excluding hydrogens is 455 g/mol. The van der Waals surface area contributed by atoms with Crippen molar-refractivity contribution in [2.45, 2.75) is 31.8 Å². The minimum absolute atomic E-state index is 0.0259. The number of nitrogens with one attached hydrogen (secondary N) is 2. The zero-order chi connectivity index (χ0) is 24.1. The van der Waals surface area contributed by atoms with Crippen LogP contribution in [0, 0.1) is 0 Å². The van der Waals surface area contributed by atoms with E-state index in [4.69, 9.17) is 27.3 Å². The van der Waals surface area contributed by atoms with Gasteiger partial charge in [0.25, 0.3) is 0 Å². The van der Waals surface area contributed by atoms with E-state index in [9.17, 15) is 19.8 Å². The van der Waals surface area contributed by atoms with E-state index in [0.717, 1.165) is 43.5 Å². The average Bonchev–Trinajstić information content (AvgIpc) is 3.32. The number of fused-ring (bicyclic) bond motifs is 2. The molecule has 5 rings (SSSR count). The number of likely N-dealkylation sites (tertiary alicyclic amines) is 1. The second kappa shape index (κ2) is 8.63. The highest BCUT2D eigenvalue weighted by Gasteiger charge is 2.24. The Morgan fingerprint density at radius 1 is 1.00 bits per heavy atom. The number of H-pyrrole nitrogens is 2. The molecule has 0 bridgehead atoms. The van der Waals surface area contributed by atoms with Crippen LogP contribution in [0.3, 0.4) is 0 Å². The van der Waals surface area contributed by atoms with Gasteiger partial charge in [-0.05, 0) is 44.0 Å². The van der Waals surface area contributed by atoms with Crippen molar-refractivity contribution in [1.82, 2.24) is 24.0 Å². The molecule has 3 heterocycles. The van der Waals surface area contributed by atoms with Gasteiger partial charge in [0, 0.05) is 30.7 Å². The predicted molar refractivity (Wildman–Crippen MR) is 134 cm³/mol. The van der Waals surface area contributed by atoms with Gasteiger partial charge in [0.15, 0.2) is 11.5 Å². The second-order valence-electron chi connectivity index (χ2n) is 8.72. The lowest BCUT2D eigenvalue weighted by Crippen LogP contribution is -2.37. The van der Waals surface area contributed by atoms with E-state index >= 15 is 0 Å². The van der Waals surface area contributed by atoms with Crippen molar-refractivity contribution in [2.75, 3.05) is 19.6 Å². The van der Waals surface area contributed by atoms with Crippen molar-refractivity contribution in [3.05, 3.63) is 44.2 Å². The molecule has 9 nitrogen and oxygen atoms in total. The Hall–Kier alpha value is -3.04. The summed E-state index contributed by atoms with van der Waals surface area (Å²) in [5.74, 6) is -0.999. The van der Waals surface area contributed by atoms with E-state index in [1.54, 1.807) is 12.1 Å². The van der Waals surface area contributed by atoms with Crippen molar-refractivity contribution >= 4 is 60.3 Å². The van der Waals surface area contributed by atoms with E-state index < -0.39 is 17.2 Å². The van der Waals surface area contributed by atoms with E-state index in [1.165, 1.54) is 4.57 Å². The first-order valence-electron chi connectivity index (χ1n) is 11.1. The molecular formula is C22H22B2ClN5O4. The van der Waals surface area contributed by atoms with Crippen molar-refractivity contribution in [1.29, 1.82) is 0 Å². The van der Waals surface area contributed by atoms with Gasteiger partial charge in [0.2, 0.25) is 0 Å². The van der Waals surface area contributed by atoms with Crippen molar-refractivity contribution < 1.29 is 10.2 Å². The number of rotatable bonds is 5. The number of benzene rings is 2. The van der Waals surface area contributed by atoms with Crippen molar-refractivity contribution in [2.24, 2.45) is 0 Å². The van der Waals surface area contributed by atoms with Crippen molar-refractivity contribution in [3.63, 3.8) is 0 Å². The van der Waals surface area contributed by atoms with E-state index in [-0.39, 0.29) is 33.7 Å². The van der Waals surface area contributed by atoms with Crippen LogP contribution in [-0.2, 0) is 6.54 Å². The fourth-order valence-electron chi connectivity index (χ4n) is 4.95. The van der Waals surface area contributed by atoms with Crippen LogP contribution in [0.25, 0.3) is 22.1 Å². The monoisotopic (exact) mass is 477 g/mol. The summed E-state index contributed by atoms with van der Waals surface area (Å²) in [4.78, 5) is 32.8. The van der Waals surface area contributed by atoms with Gasteiger partial charge in [-0.3, -0.25) is 9.13 Å². The molecule has 4 radical (unpaired) electrons. The molecule has 1 saturated heterocycles. The molecule has 4 aromatic rings. The van der Waals surface area contributed by atoms with Crippen LogP contribution in [-0.4, -0.2) is 69.5 Å². The van der Waals surface area contributed by atoms with Gasteiger partial charge >= 0.3 is 11.4 Å². The molecule has 1 aliphatic heterocycles. The summed E-state index contributed by atoms with van der Waals surface area (Å²) < 4.78 is 3.18. The summed E-state index contributed by atoms with van der Waals surface area (Å²) in [5.41, 5.74) is 1.25. The first kappa shape index (κ1) is 22.7. The molecule has 0 amide bonds. The van der Waals surface area contributed by atoms with Gasteiger partial charge in [-0.25, -0.2) is 9.59 Å². The Morgan fingerprint density at radius 3 is 2.47 bits per heavy atom. The molecule has 34 heavy (non-hydrogen) atoms. The number of imidazole rings is 2. The number of aromatic amines is 2. The number of aromatic hydroxyl groups is 2. The summed E-state index contributed by atoms with van der Waals surface area (Å²) >= 11 is 6.04. The molecule has 0 unspecified atom stereocenters. The molecule has 0 atom stereocenters. The van der Waals surface area contributed by atoms with Crippen LogP contribution in [0.15, 0.2) is 27.8 Å². The lowest BCUT2D eigenvalue weighted by molar-refractivity contribution is 0.183. The summed E-state index contributed by atoms with van der Waals surface area (Å²) in [6.45, 7) is 2.70. The first-order chi connectivity index (χ1) is 16.3. The number of halogens is 1. The molecule has 1 fully saturated rings. The van der Waals surface area contributed by atoms with Gasteiger partial charge in [0.05, 0.1) is 16.6 Å².